The third-order valence-corrected chi connectivity index (χ3v) is 8.97. The van der Waals surface area contributed by atoms with Crippen molar-refractivity contribution >= 4 is 54.7 Å². The molecular weight excluding hydrogens is 542 g/mol. The summed E-state index contributed by atoms with van der Waals surface area (Å²) in [5.41, 5.74) is 2.98. The average molecular weight is 582 g/mol. The lowest BCUT2D eigenvalue weighted by Gasteiger charge is -2.21. The van der Waals surface area contributed by atoms with Gasteiger partial charge >= 0.3 is 0 Å². The van der Waals surface area contributed by atoms with Crippen molar-refractivity contribution in [3.63, 3.8) is 0 Å². The standard InChI is InChI=1S/C31H40ClN5O2S/c1-4-37(21-8-6-5-7-18-33-28-17-19-34-29-23-24(32)15-16-27(28)29)22-20-35-40(38,39)31-14-10-11-25-26(31)12-9-13-30(25)36(2)3/h9-17,19,23,35H,4-8,18,20-22H2,1-3H3,(H,33,34). The number of rotatable bonds is 15. The van der Waals surface area contributed by atoms with Crippen molar-refractivity contribution in [1.82, 2.24) is 14.6 Å². The second-order valence-corrected chi connectivity index (χ2v) is 12.4. The Morgan fingerprint density at radius 2 is 1.62 bits per heavy atom. The number of anilines is 2. The van der Waals surface area contributed by atoms with Crippen LogP contribution in [-0.4, -0.2) is 65.1 Å². The van der Waals surface area contributed by atoms with Crippen molar-refractivity contribution in [1.29, 1.82) is 0 Å². The van der Waals surface area contributed by atoms with Crippen LogP contribution in [0.3, 0.4) is 0 Å². The molecular formula is C31H40ClN5O2S. The largest absolute Gasteiger partial charge is 0.384 e. The Bertz CT molecular complexity index is 1530. The van der Waals surface area contributed by atoms with Crippen LogP contribution in [0.4, 0.5) is 11.4 Å². The average Bonchev–Trinajstić information content (AvgIpc) is 2.94. The summed E-state index contributed by atoms with van der Waals surface area (Å²) in [6.07, 6.45) is 6.27. The van der Waals surface area contributed by atoms with Crippen LogP contribution in [0, 0.1) is 0 Å². The van der Waals surface area contributed by atoms with Gasteiger partial charge in [-0.25, -0.2) is 13.1 Å². The summed E-state index contributed by atoms with van der Waals surface area (Å²) in [7, 11) is 0.308. The fourth-order valence-electron chi connectivity index (χ4n) is 5.05. The molecule has 7 nitrogen and oxygen atoms in total. The fourth-order valence-corrected chi connectivity index (χ4v) is 6.45. The lowest BCUT2D eigenvalue weighted by Crippen LogP contribution is -2.35. The summed E-state index contributed by atoms with van der Waals surface area (Å²) < 4.78 is 29.2. The Labute approximate surface area is 243 Å². The Balaban J connectivity index is 1.19. The maximum atomic E-state index is 13.2. The van der Waals surface area contributed by atoms with Crippen molar-refractivity contribution < 1.29 is 8.42 Å². The van der Waals surface area contributed by atoms with Gasteiger partial charge in [-0.05, 0) is 62.3 Å². The van der Waals surface area contributed by atoms with Crippen LogP contribution in [0.25, 0.3) is 21.7 Å². The molecule has 9 heteroatoms. The van der Waals surface area contributed by atoms with Crippen LogP contribution in [0.15, 0.2) is 71.8 Å². The van der Waals surface area contributed by atoms with Gasteiger partial charge in [-0.2, -0.15) is 0 Å². The maximum absolute atomic E-state index is 13.2. The number of likely N-dealkylation sites (N-methyl/N-ethyl adjacent to an activating group) is 1. The van der Waals surface area contributed by atoms with E-state index in [2.05, 4.69) is 26.8 Å². The molecule has 2 N–H and O–H groups in total. The second kappa shape index (κ2) is 14.1. The summed E-state index contributed by atoms with van der Waals surface area (Å²) in [4.78, 5) is 9.03. The number of sulfonamides is 1. The molecule has 0 saturated heterocycles. The van der Waals surface area contributed by atoms with E-state index in [4.69, 9.17) is 11.6 Å². The number of hydrogen-bond acceptors (Lipinski definition) is 6. The number of benzene rings is 3. The van der Waals surface area contributed by atoms with Crippen molar-refractivity contribution in [3.8, 4) is 0 Å². The van der Waals surface area contributed by atoms with E-state index < -0.39 is 10.0 Å². The third-order valence-electron chi connectivity index (χ3n) is 7.22. The van der Waals surface area contributed by atoms with Gasteiger partial charge in [0.1, 0.15) is 0 Å². The van der Waals surface area contributed by atoms with Crippen LogP contribution in [0.2, 0.25) is 5.02 Å². The number of aromatic nitrogens is 1. The minimum Gasteiger partial charge on any atom is -0.384 e. The first-order valence-corrected chi connectivity index (χ1v) is 15.9. The molecule has 0 spiro atoms. The topological polar surface area (TPSA) is 77.6 Å². The van der Waals surface area contributed by atoms with E-state index in [9.17, 15) is 8.42 Å². The predicted molar refractivity (Wildman–Crippen MR) is 169 cm³/mol. The molecule has 0 aliphatic rings. The number of fused-ring (bicyclic) bond motifs is 2. The van der Waals surface area contributed by atoms with Gasteiger partial charge in [-0.1, -0.05) is 55.6 Å². The molecule has 4 aromatic rings. The highest BCUT2D eigenvalue weighted by molar-refractivity contribution is 7.89. The molecule has 0 radical (unpaired) electrons. The van der Waals surface area contributed by atoms with Crippen molar-refractivity contribution in [3.05, 3.63) is 71.9 Å². The van der Waals surface area contributed by atoms with Gasteiger partial charge in [0.05, 0.1) is 10.4 Å². The lowest BCUT2D eigenvalue weighted by atomic mass is 10.1. The molecule has 1 aromatic heterocycles. The van der Waals surface area contributed by atoms with E-state index >= 15 is 0 Å². The Hall–Kier alpha value is -2.91. The van der Waals surface area contributed by atoms with Crippen LogP contribution in [-0.2, 0) is 10.0 Å². The number of nitrogens with zero attached hydrogens (tertiary/aromatic N) is 3. The Morgan fingerprint density at radius 3 is 2.42 bits per heavy atom. The van der Waals surface area contributed by atoms with Crippen molar-refractivity contribution in [2.75, 3.05) is 57.0 Å². The number of halogens is 1. The summed E-state index contributed by atoms with van der Waals surface area (Å²) in [6, 6.07) is 19.0. The number of nitrogens with one attached hydrogen (secondary N) is 2. The fraction of sp³-hybridized carbons (Fsp3) is 0.387. The van der Waals surface area contributed by atoms with Crippen LogP contribution < -0.4 is 14.9 Å². The molecule has 40 heavy (non-hydrogen) atoms. The normalized spacial score (nSPS) is 11.9. The van der Waals surface area contributed by atoms with Gasteiger partial charge in [-0.3, -0.25) is 4.98 Å². The van der Waals surface area contributed by atoms with Crippen LogP contribution in [0.1, 0.15) is 32.6 Å². The van der Waals surface area contributed by atoms with Gasteiger partial charge in [-0.15, -0.1) is 0 Å². The zero-order valence-electron chi connectivity index (χ0n) is 23.7. The third kappa shape index (κ3) is 7.63. The molecule has 0 amide bonds. The van der Waals surface area contributed by atoms with E-state index in [0.29, 0.717) is 23.0 Å². The van der Waals surface area contributed by atoms with E-state index in [-0.39, 0.29) is 0 Å². The molecule has 0 aliphatic carbocycles. The highest BCUT2D eigenvalue weighted by atomic mass is 35.5. The highest BCUT2D eigenvalue weighted by Crippen LogP contribution is 2.30. The van der Waals surface area contributed by atoms with E-state index in [1.165, 1.54) is 0 Å². The van der Waals surface area contributed by atoms with Crippen molar-refractivity contribution in [2.24, 2.45) is 0 Å². The van der Waals surface area contributed by atoms with E-state index in [0.717, 1.165) is 78.4 Å². The molecule has 0 fully saturated rings. The highest BCUT2D eigenvalue weighted by Gasteiger charge is 2.18. The molecule has 1 heterocycles. The first-order valence-electron chi connectivity index (χ1n) is 14.0. The molecule has 0 aliphatic heterocycles. The monoisotopic (exact) mass is 581 g/mol. The smallest absolute Gasteiger partial charge is 0.241 e. The molecule has 214 valence electrons. The minimum absolute atomic E-state index is 0.328. The second-order valence-electron chi connectivity index (χ2n) is 10.2. The summed E-state index contributed by atoms with van der Waals surface area (Å²) in [5, 5.41) is 6.98. The molecule has 4 rings (SSSR count). The van der Waals surface area contributed by atoms with Gasteiger partial charge < -0.3 is 15.1 Å². The molecule has 0 atom stereocenters. The zero-order valence-corrected chi connectivity index (χ0v) is 25.2. The van der Waals surface area contributed by atoms with E-state index in [1.807, 2.05) is 79.8 Å². The maximum Gasteiger partial charge on any atom is 0.241 e. The van der Waals surface area contributed by atoms with Gasteiger partial charge in [0.15, 0.2) is 0 Å². The predicted octanol–water partition coefficient (Wildman–Crippen LogP) is 6.38. The van der Waals surface area contributed by atoms with Crippen LogP contribution in [0.5, 0.6) is 0 Å². The molecule has 3 aromatic carbocycles. The summed E-state index contributed by atoms with van der Waals surface area (Å²) in [5.74, 6) is 0. The lowest BCUT2D eigenvalue weighted by molar-refractivity contribution is 0.285. The molecule has 0 saturated carbocycles. The summed E-state index contributed by atoms with van der Waals surface area (Å²) in [6.45, 7) is 5.95. The first kappa shape index (κ1) is 30.1. The van der Waals surface area contributed by atoms with Gasteiger partial charge in [0.25, 0.3) is 0 Å². The Kier molecular flexibility index (Phi) is 10.6. The van der Waals surface area contributed by atoms with E-state index in [1.54, 1.807) is 6.07 Å². The number of hydrogen-bond donors (Lipinski definition) is 2. The van der Waals surface area contributed by atoms with Gasteiger partial charge in [0.2, 0.25) is 10.0 Å². The Morgan fingerprint density at radius 1 is 0.850 bits per heavy atom. The molecule has 0 unspecified atom stereocenters. The number of pyridine rings is 1. The molecule has 0 bridgehead atoms. The number of unbranched alkanes of at least 4 members (excludes halogenated alkanes) is 3. The van der Waals surface area contributed by atoms with Crippen molar-refractivity contribution in [2.45, 2.75) is 37.5 Å². The first-order chi connectivity index (χ1) is 19.3. The quantitative estimate of drug-likeness (QED) is 0.159. The summed E-state index contributed by atoms with van der Waals surface area (Å²) >= 11 is 6.09. The van der Waals surface area contributed by atoms with Crippen LogP contribution >= 0.6 is 11.6 Å². The van der Waals surface area contributed by atoms with Gasteiger partial charge in [0, 0.05) is 72.5 Å². The SMILES string of the molecule is CCN(CCCCCCNc1ccnc2cc(Cl)ccc12)CCNS(=O)(=O)c1cccc2c(N(C)C)cccc12. The minimum atomic E-state index is -3.62. The zero-order chi connectivity index (χ0) is 28.5.